The van der Waals surface area contributed by atoms with Crippen LogP contribution in [-0.4, -0.2) is 36.7 Å². The lowest BCUT2D eigenvalue weighted by Gasteiger charge is -2.34. The van der Waals surface area contributed by atoms with E-state index in [4.69, 9.17) is 0 Å². The summed E-state index contributed by atoms with van der Waals surface area (Å²) in [5.74, 6) is 0.542. The van der Waals surface area contributed by atoms with Crippen LogP contribution in [0.15, 0.2) is 30.3 Å². The second kappa shape index (κ2) is 7.77. The molecule has 0 aromatic heterocycles. The van der Waals surface area contributed by atoms with Gasteiger partial charge in [-0.1, -0.05) is 49.6 Å². The van der Waals surface area contributed by atoms with Gasteiger partial charge in [0.1, 0.15) is 0 Å². The first-order valence-corrected chi connectivity index (χ1v) is 10.3. The zero-order chi connectivity index (χ0) is 16.1. The lowest BCUT2D eigenvalue weighted by atomic mass is 9.85. The summed E-state index contributed by atoms with van der Waals surface area (Å²) in [6.07, 6.45) is 7.85. The molecule has 0 N–H and O–H groups in total. The molecule has 5 heteroatoms. The Hall–Kier alpha value is -0.910. The van der Waals surface area contributed by atoms with Gasteiger partial charge in [-0.25, -0.2) is 0 Å². The Morgan fingerprint density at radius 1 is 0.957 bits per heavy atom. The molecular weight excluding hydrogens is 308 g/mol. The van der Waals surface area contributed by atoms with Crippen molar-refractivity contribution in [2.75, 3.05) is 19.6 Å². The third-order valence-electron chi connectivity index (χ3n) is 5.11. The molecule has 3 rings (SSSR count). The van der Waals surface area contributed by atoms with Gasteiger partial charge in [-0.05, 0) is 37.2 Å². The maximum atomic E-state index is 13.2. The summed E-state index contributed by atoms with van der Waals surface area (Å²) in [7, 11) is -3.35. The predicted molar refractivity (Wildman–Crippen MR) is 93.2 cm³/mol. The number of hydrogen-bond acceptors (Lipinski definition) is 2. The van der Waals surface area contributed by atoms with Crippen LogP contribution in [0.25, 0.3) is 0 Å². The molecule has 0 amide bonds. The summed E-state index contributed by atoms with van der Waals surface area (Å²) in [4.78, 5) is 0. The van der Waals surface area contributed by atoms with E-state index < -0.39 is 10.2 Å². The van der Waals surface area contributed by atoms with Crippen LogP contribution < -0.4 is 0 Å². The van der Waals surface area contributed by atoms with E-state index >= 15 is 0 Å². The molecule has 0 unspecified atom stereocenters. The average Bonchev–Trinajstić information content (AvgIpc) is 2.80. The molecule has 128 valence electrons. The molecule has 2 aliphatic rings. The smallest absolute Gasteiger partial charge is 0.195 e. The summed E-state index contributed by atoms with van der Waals surface area (Å²) in [6, 6.07) is 9.98. The monoisotopic (exact) mass is 336 g/mol. The van der Waals surface area contributed by atoms with Crippen LogP contribution in [0.5, 0.6) is 0 Å². The molecule has 0 bridgehead atoms. The summed E-state index contributed by atoms with van der Waals surface area (Å²) >= 11 is 0. The Labute approximate surface area is 140 Å². The van der Waals surface area contributed by atoms with Crippen LogP contribution in [0.3, 0.4) is 0 Å². The van der Waals surface area contributed by atoms with Gasteiger partial charge in [-0.15, -0.1) is 0 Å². The van der Waals surface area contributed by atoms with Crippen LogP contribution in [0.1, 0.15) is 50.5 Å². The second-order valence-corrected chi connectivity index (χ2v) is 8.82. The van der Waals surface area contributed by atoms with E-state index in [0.29, 0.717) is 32.1 Å². The van der Waals surface area contributed by atoms with Crippen molar-refractivity contribution in [1.82, 2.24) is 8.61 Å². The summed E-state index contributed by atoms with van der Waals surface area (Å²) in [5.41, 5.74) is 1.07. The Balaban J connectivity index is 1.77. The van der Waals surface area contributed by atoms with Crippen molar-refractivity contribution in [3.63, 3.8) is 0 Å². The summed E-state index contributed by atoms with van der Waals surface area (Å²) < 4.78 is 29.8. The molecular formula is C18H28N2O2S. The normalized spacial score (nSPS) is 21.1. The summed E-state index contributed by atoms with van der Waals surface area (Å²) in [6.45, 7) is 2.53. The van der Waals surface area contributed by atoms with E-state index in [9.17, 15) is 8.42 Å². The Morgan fingerprint density at radius 2 is 1.61 bits per heavy atom. The van der Waals surface area contributed by atoms with E-state index in [0.717, 1.165) is 31.2 Å². The highest BCUT2D eigenvalue weighted by Gasteiger charge is 2.33. The third kappa shape index (κ3) is 4.34. The Bertz CT molecular complexity index is 576. The van der Waals surface area contributed by atoms with E-state index in [-0.39, 0.29) is 0 Å². The topological polar surface area (TPSA) is 40.6 Å². The molecule has 1 aliphatic heterocycles. The van der Waals surface area contributed by atoms with Crippen molar-refractivity contribution >= 4 is 10.2 Å². The van der Waals surface area contributed by atoms with Crippen molar-refractivity contribution in [3.05, 3.63) is 35.9 Å². The van der Waals surface area contributed by atoms with E-state index in [2.05, 4.69) is 0 Å². The highest BCUT2D eigenvalue weighted by atomic mass is 32.2. The maximum Gasteiger partial charge on any atom is 0.282 e. The van der Waals surface area contributed by atoms with Gasteiger partial charge in [0.05, 0.1) is 0 Å². The second-order valence-electron chi connectivity index (χ2n) is 6.90. The van der Waals surface area contributed by atoms with E-state index in [1.54, 1.807) is 8.61 Å². The van der Waals surface area contributed by atoms with Gasteiger partial charge in [0.2, 0.25) is 0 Å². The number of benzene rings is 1. The number of nitrogens with zero attached hydrogens (tertiary/aromatic N) is 2. The van der Waals surface area contributed by atoms with Crippen LogP contribution in [0.4, 0.5) is 0 Å². The van der Waals surface area contributed by atoms with Crippen molar-refractivity contribution in [1.29, 1.82) is 0 Å². The molecule has 1 heterocycles. The van der Waals surface area contributed by atoms with Crippen molar-refractivity contribution in [3.8, 4) is 0 Å². The maximum absolute atomic E-state index is 13.2. The van der Waals surface area contributed by atoms with Gasteiger partial charge in [-0.3, -0.25) is 0 Å². The molecule has 23 heavy (non-hydrogen) atoms. The fourth-order valence-corrected chi connectivity index (χ4v) is 5.18. The van der Waals surface area contributed by atoms with E-state index in [1.165, 1.54) is 19.3 Å². The third-order valence-corrected chi connectivity index (χ3v) is 7.05. The standard InChI is InChI=1S/C18H28N2O2S/c21-23(22,19-13-6-1-2-7-14-19)20(16-18-11-8-12-18)15-17-9-4-3-5-10-17/h3-5,9-10,18H,1-2,6-8,11-16H2. The van der Waals surface area contributed by atoms with Crippen LogP contribution in [0, 0.1) is 5.92 Å². The van der Waals surface area contributed by atoms with Gasteiger partial charge in [-0.2, -0.15) is 17.0 Å². The van der Waals surface area contributed by atoms with Gasteiger partial charge in [0, 0.05) is 26.2 Å². The molecule has 1 aromatic carbocycles. The van der Waals surface area contributed by atoms with Crippen LogP contribution >= 0.6 is 0 Å². The van der Waals surface area contributed by atoms with Crippen LogP contribution in [0.2, 0.25) is 0 Å². The fourth-order valence-electron chi connectivity index (χ4n) is 3.43. The molecule has 4 nitrogen and oxygen atoms in total. The van der Waals surface area contributed by atoms with Gasteiger partial charge >= 0.3 is 0 Å². The highest BCUT2D eigenvalue weighted by Crippen LogP contribution is 2.29. The van der Waals surface area contributed by atoms with Gasteiger partial charge < -0.3 is 0 Å². The van der Waals surface area contributed by atoms with Gasteiger partial charge in [0.25, 0.3) is 10.2 Å². The molecule has 1 aliphatic carbocycles. The summed E-state index contributed by atoms with van der Waals surface area (Å²) in [5, 5.41) is 0. The minimum Gasteiger partial charge on any atom is -0.195 e. The molecule has 1 saturated carbocycles. The van der Waals surface area contributed by atoms with E-state index in [1.807, 2.05) is 30.3 Å². The molecule has 1 saturated heterocycles. The molecule has 0 atom stereocenters. The molecule has 0 radical (unpaired) electrons. The van der Waals surface area contributed by atoms with Crippen molar-refractivity contribution in [2.24, 2.45) is 5.92 Å². The Kier molecular flexibility index (Phi) is 5.72. The predicted octanol–water partition coefficient (Wildman–Crippen LogP) is 3.41. The lowest BCUT2D eigenvalue weighted by Crippen LogP contribution is -2.46. The zero-order valence-electron chi connectivity index (χ0n) is 13.9. The average molecular weight is 337 g/mol. The van der Waals surface area contributed by atoms with Crippen molar-refractivity contribution < 1.29 is 8.42 Å². The highest BCUT2D eigenvalue weighted by molar-refractivity contribution is 7.86. The number of hydrogen-bond donors (Lipinski definition) is 0. The van der Waals surface area contributed by atoms with Gasteiger partial charge in [0.15, 0.2) is 0 Å². The SMILES string of the molecule is O=S(=O)(N1CCCCCC1)N(Cc1ccccc1)CC1CCC1. The number of rotatable bonds is 6. The Morgan fingerprint density at radius 3 is 2.17 bits per heavy atom. The largest absolute Gasteiger partial charge is 0.282 e. The first kappa shape index (κ1) is 16.9. The molecule has 1 aromatic rings. The molecule has 2 fully saturated rings. The quantitative estimate of drug-likeness (QED) is 0.799. The minimum atomic E-state index is -3.35. The lowest BCUT2D eigenvalue weighted by molar-refractivity contribution is 0.230. The first-order valence-electron chi connectivity index (χ1n) is 8.95. The molecule has 0 spiro atoms. The first-order chi connectivity index (χ1) is 11.2. The van der Waals surface area contributed by atoms with Crippen molar-refractivity contribution in [2.45, 2.75) is 51.5 Å². The zero-order valence-corrected chi connectivity index (χ0v) is 14.7. The fraction of sp³-hybridized carbons (Fsp3) is 0.667. The van der Waals surface area contributed by atoms with Crippen LogP contribution in [-0.2, 0) is 16.8 Å². The minimum absolute atomic E-state index is 0.496.